The molecule has 178 valence electrons. The number of aromatic nitrogens is 3. The van der Waals surface area contributed by atoms with Crippen molar-refractivity contribution in [2.75, 3.05) is 11.1 Å². The van der Waals surface area contributed by atoms with Gasteiger partial charge >= 0.3 is 6.18 Å². The number of benzene rings is 2. The van der Waals surface area contributed by atoms with Gasteiger partial charge in [0, 0.05) is 17.3 Å². The second-order valence-electron chi connectivity index (χ2n) is 6.78. The molecule has 2 aromatic carbocycles. The summed E-state index contributed by atoms with van der Waals surface area (Å²) in [5.74, 6) is 1.88. The topological polar surface area (TPSA) is 125 Å². The molecule has 0 aliphatic rings. The van der Waals surface area contributed by atoms with Crippen LogP contribution in [0.4, 0.5) is 24.8 Å². The van der Waals surface area contributed by atoms with Gasteiger partial charge in [-0.15, -0.1) is 16.9 Å². The fourth-order valence-electron chi connectivity index (χ4n) is 2.74. The molecule has 0 bridgehead atoms. The summed E-state index contributed by atoms with van der Waals surface area (Å²) in [6.07, 6.45) is -3.11. The molecule has 0 atom stereocenters. The zero-order valence-electron chi connectivity index (χ0n) is 18.0. The van der Waals surface area contributed by atoms with Crippen molar-refractivity contribution in [1.29, 1.82) is 5.41 Å². The van der Waals surface area contributed by atoms with Gasteiger partial charge in [-0.3, -0.25) is 10.5 Å². The summed E-state index contributed by atoms with van der Waals surface area (Å²) in [6, 6.07) is 11.6. The van der Waals surface area contributed by atoms with E-state index in [1.165, 1.54) is 30.0 Å². The molecule has 0 amide bonds. The lowest BCUT2D eigenvalue weighted by Gasteiger charge is -2.13. The lowest BCUT2D eigenvalue weighted by atomic mass is 10.2. The number of alkyl halides is 3. The van der Waals surface area contributed by atoms with E-state index in [4.69, 9.17) is 15.9 Å². The largest absolute Gasteiger partial charge is 0.441 e. The smallest absolute Gasteiger partial charge is 0.416 e. The molecule has 0 aliphatic heterocycles. The summed E-state index contributed by atoms with van der Waals surface area (Å²) >= 11 is 1.48. The van der Waals surface area contributed by atoms with Crippen molar-refractivity contribution >= 4 is 29.2 Å². The molecule has 6 N–H and O–H groups in total. The lowest BCUT2D eigenvalue weighted by molar-refractivity contribution is -0.137. The molecule has 0 saturated carbocycles. The first-order valence-electron chi connectivity index (χ1n) is 9.93. The molecular formula is C22H22F3N7OS. The number of nitrogens with zero attached hydrogens (tertiary/aromatic N) is 2. The Morgan fingerprint density at radius 1 is 1.26 bits per heavy atom. The molecule has 0 aliphatic carbocycles. The Hall–Kier alpha value is -3.93. The van der Waals surface area contributed by atoms with Crippen LogP contribution in [0.3, 0.4) is 0 Å². The number of hydrogen-bond acceptors (Lipinski definition) is 7. The van der Waals surface area contributed by atoms with Crippen LogP contribution in [0.15, 0.2) is 72.1 Å². The van der Waals surface area contributed by atoms with E-state index in [9.17, 15) is 13.2 Å². The van der Waals surface area contributed by atoms with E-state index >= 15 is 0 Å². The summed E-state index contributed by atoms with van der Waals surface area (Å²) in [5, 5.41) is 20.6. The van der Waals surface area contributed by atoms with Gasteiger partial charge in [0.1, 0.15) is 11.6 Å². The molecule has 3 rings (SSSR count). The molecular weight excluding hydrogens is 467 g/mol. The molecule has 3 aromatic rings. The number of thioether (sulfide) groups is 1. The third-order valence-electron chi connectivity index (χ3n) is 4.15. The molecule has 0 spiro atoms. The van der Waals surface area contributed by atoms with E-state index in [2.05, 4.69) is 32.4 Å². The fraction of sp³-hybridized carbons (Fsp3) is 0.136. The Balaban J connectivity index is 1.69. The minimum atomic E-state index is -4.44. The lowest BCUT2D eigenvalue weighted by Crippen LogP contribution is -2.19. The van der Waals surface area contributed by atoms with Crippen molar-refractivity contribution < 1.29 is 17.9 Å². The van der Waals surface area contributed by atoms with E-state index in [0.717, 1.165) is 17.9 Å². The first-order chi connectivity index (χ1) is 16.1. The van der Waals surface area contributed by atoms with Gasteiger partial charge < -0.3 is 21.1 Å². The predicted octanol–water partition coefficient (Wildman–Crippen LogP) is 5.20. The molecule has 34 heavy (non-hydrogen) atoms. The van der Waals surface area contributed by atoms with E-state index < -0.39 is 11.7 Å². The van der Waals surface area contributed by atoms with Crippen LogP contribution in [0.1, 0.15) is 12.5 Å². The van der Waals surface area contributed by atoms with Crippen LogP contribution in [-0.2, 0) is 6.18 Å². The highest BCUT2D eigenvalue weighted by Gasteiger charge is 2.30. The van der Waals surface area contributed by atoms with E-state index in [1.54, 1.807) is 24.3 Å². The number of amidine groups is 1. The number of nitrogens with one attached hydrogen (secondary N) is 4. The summed E-state index contributed by atoms with van der Waals surface area (Å²) in [6.45, 7) is 5.86. The van der Waals surface area contributed by atoms with Crippen LogP contribution in [-0.4, -0.2) is 26.8 Å². The van der Waals surface area contributed by atoms with Crippen molar-refractivity contribution in [3.63, 3.8) is 0 Å². The number of halogens is 3. The summed E-state index contributed by atoms with van der Waals surface area (Å²) in [7, 11) is 0. The monoisotopic (exact) mass is 489 g/mol. The van der Waals surface area contributed by atoms with Crippen molar-refractivity contribution in [1.82, 2.24) is 20.5 Å². The number of rotatable bonds is 10. The first-order valence-corrected chi connectivity index (χ1v) is 10.9. The Kier molecular flexibility index (Phi) is 7.84. The Bertz CT molecular complexity index is 1190. The molecule has 0 radical (unpaired) electrons. The number of nitrogens with two attached hydrogens (primary N) is 1. The van der Waals surface area contributed by atoms with E-state index in [0.29, 0.717) is 22.2 Å². The maximum absolute atomic E-state index is 12.9. The highest BCUT2D eigenvalue weighted by atomic mass is 32.2. The van der Waals surface area contributed by atoms with Gasteiger partial charge in [-0.05, 0) is 48.2 Å². The molecule has 0 fully saturated rings. The highest BCUT2D eigenvalue weighted by molar-refractivity contribution is 8.02. The van der Waals surface area contributed by atoms with E-state index in [1.807, 2.05) is 6.92 Å². The number of aromatic amines is 1. The minimum absolute atomic E-state index is 0.123. The van der Waals surface area contributed by atoms with Crippen LogP contribution in [0, 0.1) is 5.41 Å². The SMILES string of the molecule is C=C(NC(=CC(=N)N)Oc1ccc(-c2nc(Nc3cccc(C(F)(F)F)c3)n[nH]2)cc1)SCC. The standard InChI is InChI=1S/C22H22F3N7OS/c1-3-34-13(2)28-19(12-18(26)27)33-17-9-7-14(8-10-17)20-30-21(32-31-20)29-16-6-4-5-15(11-16)22(23,24)25/h4-12,28H,2-3H2,1H3,(H3,26,27)(H2,29,30,31,32). The zero-order chi connectivity index (χ0) is 24.7. The fourth-order valence-corrected chi connectivity index (χ4v) is 3.26. The molecule has 0 saturated heterocycles. The average Bonchev–Trinajstić information content (AvgIpc) is 3.22. The number of ether oxygens (including phenoxy) is 1. The van der Waals surface area contributed by atoms with E-state index in [-0.39, 0.29) is 23.4 Å². The molecule has 8 nitrogen and oxygen atoms in total. The normalized spacial score (nSPS) is 11.7. The van der Waals surface area contributed by atoms with Gasteiger partial charge in [-0.2, -0.15) is 18.2 Å². The number of H-pyrrole nitrogens is 1. The van der Waals surface area contributed by atoms with Gasteiger partial charge in [-0.1, -0.05) is 19.6 Å². The van der Waals surface area contributed by atoms with Gasteiger partial charge in [0.25, 0.3) is 0 Å². The van der Waals surface area contributed by atoms with Crippen molar-refractivity contribution in [2.45, 2.75) is 13.1 Å². The van der Waals surface area contributed by atoms with Crippen molar-refractivity contribution in [3.05, 3.63) is 77.7 Å². The van der Waals surface area contributed by atoms with Crippen LogP contribution in [0.25, 0.3) is 11.4 Å². The molecule has 12 heteroatoms. The average molecular weight is 490 g/mol. The Labute approximate surface area is 198 Å². The molecule has 1 aromatic heterocycles. The maximum Gasteiger partial charge on any atom is 0.416 e. The molecule has 0 unspecified atom stereocenters. The van der Waals surface area contributed by atoms with Gasteiger partial charge in [0.05, 0.1) is 10.6 Å². The number of anilines is 2. The van der Waals surface area contributed by atoms with Crippen LogP contribution in [0.2, 0.25) is 0 Å². The second-order valence-corrected chi connectivity index (χ2v) is 8.14. The van der Waals surface area contributed by atoms with Crippen LogP contribution in [0.5, 0.6) is 5.75 Å². The van der Waals surface area contributed by atoms with Gasteiger partial charge in [0.2, 0.25) is 11.8 Å². The van der Waals surface area contributed by atoms with Crippen molar-refractivity contribution in [2.24, 2.45) is 5.73 Å². The quantitative estimate of drug-likeness (QED) is 0.151. The van der Waals surface area contributed by atoms with Gasteiger partial charge in [-0.25, -0.2) is 0 Å². The predicted molar refractivity (Wildman–Crippen MR) is 128 cm³/mol. The number of hydrogen-bond donors (Lipinski definition) is 5. The summed E-state index contributed by atoms with van der Waals surface area (Å²) in [5.41, 5.74) is 5.57. The minimum Gasteiger partial charge on any atom is -0.441 e. The van der Waals surface area contributed by atoms with Crippen LogP contribution < -0.4 is 21.1 Å². The Morgan fingerprint density at radius 3 is 2.65 bits per heavy atom. The van der Waals surface area contributed by atoms with Crippen molar-refractivity contribution in [3.8, 4) is 17.1 Å². The highest BCUT2D eigenvalue weighted by Crippen LogP contribution is 2.31. The van der Waals surface area contributed by atoms with Crippen LogP contribution >= 0.6 is 11.8 Å². The third-order valence-corrected chi connectivity index (χ3v) is 4.89. The summed E-state index contributed by atoms with van der Waals surface area (Å²) in [4.78, 5) is 4.27. The molecule has 1 heterocycles. The zero-order valence-corrected chi connectivity index (χ0v) is 18.8. The first kappa shape index (κ1) is 24.7. The third kappa shape index (κ3) is 7.04. The van der Waals surface area contributed by atoms with Gasteiger partial charge in [0.15, 0.2) is 5.82 Å². The maximum atomic E-state index is 12.9. The second kappa shape index (κ2) is 10.8. The Morgan fingerprint density at radius 2 is 2.00 bits per heavy atom. The summed E-state index contributed by atoms with van der Waals surface area (Å²) < 4.78 is 44.5.